The van der Waals surface area contributed by atoms with Crippen LogP contribution in [0.25, 0.3) is 0 Å². The zero-order valence-corrected chi connectivity index (χ0v) is 15.1. The van der Waals surface area contributed by atoms with Crippen molar-refractivity contribution in [2.75, 3.05) is 13.2 Å². The molecule has 0 aromatic heterocycles. The molecule has 1 aliphatic rings. The fourth-order valence-corrected chi connectivity index (χ4v) is 3.51. The van der Waals surface area contributed by atoms with Gasteiger partial charge in [0.25, 0.3) is 0 Å². The molecule has 6 heteroatoms. The number of hydrogen-bond acceptors (Lipinski definition) is 4. The van der Waals surface area contributed by atoms with Gasteiger partial charge in [-0.1, -0.05) is 35.9 Å². The summed E-state index contributed by atoms with van der Waals surface area (Å²) in [5.74, 6) is -0.357. The molecule has 3 rings (SSSR count). The van der Waals surface area contributed by atoms with Crippen LogP contribution in [0.1, 0.15) is 29.2 Å². The first-order valence-corrected chi connectivity index (χ1v) is 9.03. The molecule has 1 aliphatic carbocycles. The van der Waals surface area contributed by atoms with E-state index in [0.717, 1.165) is 30.4 Å². The highest BCUT2D eigenvalue weighted by Crippen LogP contribution is 2.30. The third-order valence-corrected chi connectivity index (χ3v) is 4.86. The zero-order valence-electron chi connectivity index (χ0n) is 14.3. The summed E-state index contributed by atoms with van der Waals surface area (Å²) in [5, 5.41) is 23.2. The van der Waals surface area contributed by atoms with Gasteiger partial charge in [-0.3, -0.25) is 0 Å². The van der Waals surface area contributed by atoms with Crippen molar-refractivity contribution in [3.8, 4) is 5.75 Å². The van der Waals surface area contributed by atoms with Crippen LogP contribution in [-0.4, -0.2) is 35.4 Å². The van der Waals surface area contributed by atoms with Gasteiger partial charge in [-0.15, -0.1) is 0 Å². The second-order valence-corrected chi connectivity index (χ2v) is 6.93. The number of nitrogens with one attached hydrogen (secondary N) is 1. The quantitative estimate of drug-likeness (QED) is 0.693. The fraction of sp³-hybridized carbons (Fsp3) is 0.350. The summed E-state index contributed by atoms with van der Waals surface area (Å²) in [6.07, 6.45) is 1.96. The number of halogens is 1. The van der Waals surface area contributed by atoms with Crippen LogP contribution in [-0.2, 0) is 17.6 Å². The summed E-state index contributed by atoms with van der Waals surface area (Å²) < 4.78 is 5.43. The minimum Gasteiger partial charge on any atom is -0.482 e. The number of aliphatic carboxylic acids is 1. The SMILES string of the molecule is O=C(O)COc1cccc2c1CC(NC[C@H](O)c1cccc(Cl)c1)CC2. The van der Waals surface area contributed by atoms with E-state index in [1.807, 2.05) is 24.3 Å². The molecule has 3 N–H and O–H groups in total. The molecule has 0 saturated heterocycles. The monoisotopic (exact) mass is 375 g/mol. The van der Waals surface area contributed by atoms with Crippen molar-refractivity contribution >= 4 is 17.6 Å². The Kier molecular flexibility index (Phi) is 6.14. The Morgan fingerprint density at radius 2 is 2.12 bits per heavy atom. The van der Waals surface area contributed by atoms with Gasteiger partial charge in [0, 0.05) is 17.6 Å². The van der Waals surface area contributed by atoms with Gasteiger partial charge in [-0.25, -0.2) is 4.79 Å². The van der Waals surface area contributed by atoms with Crippen LogP contribution in [0.3, 0.4) is 0 Å². The van der Waals surface area contributed by atoms with Crippen LogP contribution in [0.5, 0.6) is 5.75 Å². The van der Waals surface area contributed by atoms with Crippen LogP contribution >= 0.6 is 11.6 Å². The van der Waals surface area contributed by atoms with Gasteiger partial charge in [0.15, 0.2) is 6.61 Å². The maximum atomic E-state index is 10.8. The van der Waals surface area contributed by atoms with E-state index in [1.54, 1.807) is 12.1 Å². The number of carboxylic acids is 1. The molecule has 0 aliphatic heterocycles. The van der Waals surface area contributed by atoms with Crippen molar-refractivity contribution < 1.29 is 19.7 Å². The highest BCUT2D eigenvalue weighted by Gasteiger charge is 2.22. The molecule has 1 unspecified atom stereocenters. The molecule has 0 fully saturated rings. The second-order valence-electron chi connectivity index (χ2n) is 6.50. The molecule has 0 amide bonds. The average molecular weight is 376 g/mol. The first kappa shape index (κ1) is 18.7. The topological polar surface area (TPSA) is 78.8 Å². The predicted molar refractivity (Wildman–Crippen MR) is 99.8 cm³/mol. The minimum absolute atomic E-state index is 0.200. The number of ether oxygens (including phenoxy) is 1. The van der Waals surface area contributed by atoms with Crippen LogP contribution in [0.4, 0.5) is 0 Å². The van der Waals surface area contributed by atoms with E-state index >= 15 is 0 Å². The van der Waals surface area contributed by atoms with Crippen molar-refractivity contribution in [3.05, 3.63) is 64.2 Å². The maximum Gasteiger partial charge on any atom is 0.341 e. The van der Waals surface area contributed by atoms with E-state index in [-0.39, 0.29) is 12.6 Å². The minimum atomic E-state index is -0.988. The third kappa shape index (κ3) is 4.75. The lowest BCUT2D eigenvalue weighted by atomic mass is 9.87. The van der Waals surface area contributed by atoms with Crippen LogP contribution in [0, 0.1) is 0 Å². The number of fused-ring (bicyclic) bond motifs is 1. The number of aryl methyl sites for hydroxylation is 1. The molecular weight excluding hydrogens is 354 g/mol. The molecule has 2 aromatic carbocycles. The third-order valence-electron chi connectivity index (χ3n) is 4.63. The first-order chi connectivity index (χ1) is 12.5. The Hall–Kier alpha value is -2.08. The van der Waals surface area contributed by atoms with Gasteiger partial charge in [0.05, 0.1) is 6.10 Å². The number of hydrogen-bond donors (Lipinski definition) is 3. The number of carboxylic acid groups (broad SMARTS) is 1. The Labute approximate surface area is 157 Å². The lowest BCUT2D eigenvalue weighted by Crippen LogP contribution is -2.37. The summed E-state index contributed by atoms with van der Waals surface area (Å²) >= 11 is 5.98. The molecule has 5 nitrogen and oxygen atoms in total. The van der Waals surface area contributed by atoms with E-state index in [4.69, 9.17) is 21.4 Å². The molecule has 0 spiro atoms. The summed E-state index contributed by atoms with van der Waals surface area (Å²) in [4.78, 5) is 10.8. The lowest BCUT2D eigenvalue weighted by Gasteiger charge is -2.28. The summed E-state index contributed by atoms with van der Waals surface area (Å²) in [7, 11) is 0. The van der Waals surface area contributed by atoms with Crippen LogP contribution < -0.4 is 10.1 Å². The molecule has 2 atom stereocenters. The zero-order chi connectivity index (χ0) is 18.5. The van der Waals surface area contributed by atoms with Gasteiger partial charge in [-0.2, -0.15) is 0 Å². The molecule has 0 saturated carbocycles. The fourth-order valence-electron chi connectivity index (χ4n) is 3.31. The largest absolute Gasteiger partial charge is 0.482 e. The number of aliphatic hydroxyl groups is 1. The molecule has 26 heavy (non-hydrogen) atoms. The van der Waals surface area contributed by atoms with E-state index in [0.29, 0.717) is 17.3 Å². The Morgan fingerprint density at radius 3 is 2.88 bits per heavy atom. The number of rotatable bonds is 7. The van der Waals surface area contributed by atoms with Gasteiger partial charge in [0.1, 0.15) is 5.75 Å². The van der Waals surface area contributed by atoms with Crippen molar-refractivity contribution in [3.63, 3.8) is 0 Å². The van der Waals surface area contributed by atoms with Crippen LogP contribution in [0.15, 0.2) is 42.5 Å². The van der Waals surface area contributed by atoms with E-state index < -0.39 is 12.1 Å². The number of benzene rings is 2. The van der Waals surface area contributed by atoms with Crippen LogP contribution in [0.2, 0.25) is 5.02 Å². The first-order valence-electron chi connectivity index (χ1n) is 8.65. The molecule has 0 heterocycles. The molecule has 138 valence electrons. The summed E-state index contributed by atoms with van der Waals surface area (Å²) in [5.41, 5.74) is 3.03. The van der Waals surface area contributed by atoms with Gasteiger partial charge in [0.2, 0.25) is 0 Å². The van der Waals surface area contributed by atoms with Crippen molar-refractivity contribution in [1.82, 2.24) is 5.32 Å². The van der Waals surface area contributed by atoms with Gasteiger partial charge < -0.3 is 20.3 Å². The number of aliphatic hydroxyl groups excluding tert-OH is 1. The second kappa shape index (κ2) is 8.54. The van der Waals surface area contributed by atoms with Crippen molar-refractivity contribution in [1.29, 1.82) is 0 Å². The molecule has 0 radical (unpaired) electrons. The molecular formula is C20H22ClNO4. The molecule has 0 bridgehead atoms. The predicted octanol–water partition coefficient (Wildman–Crippen LogP) is 2.98. The standard InChI is InChI=1S/C20H22ClNO4/c21-15-5-1-4-14(9-15)18(23)11-22-16-8-7-13-3-2-6-19(17(13)10-16)26-12-20(24)25/h1-6,9,16,18,22-23H,7-8,10-12H2,(H,24,25)/t16?,18-/m0/s1. The lowest BCUT2D eigenvalue weighted by molar-refractivity contribution is -0.139. The summed E-state index contributed by atoms with van der Waals surface area (Å²) in [6, 6.07) is 13.2. The Morgan fingerprint density at radius 1 is 1.31 bits per heavy atom. The highest BCUT2D eigenvalue weighted by atomic mass is 35.5. The maximum absolute atomic E-state index is 10.8. The average Bonchev–Trinajstić information content (AvgIpc) is 2.64. The highest BCUT2D eigenvalue weighted by molar-refractivity contribution is 6.30. The smallest absolute Gasteiger partial charge is 0.341 e. The van der Waals surface area contributed by atoms with Gasteiger partial charge in [-0.05, 0) is 54.2 Å². The van der Waals surface area contributed by atoms with E-state index in [2.05, 4.69) is 11.4 Å². The van der Waals surface area contributed by atoms with Crippen molar-refractivity contribution in [2.24, 2.45) is 0 Å². The Bertz CT molecular complexity index is 780. The van der Waals surface area contributed by atoms with E-state index in [1.165, 1.54) is 5.56 Å². The van der Waals surface area contributed by atoms with Crippen molar-refractivity contribution in [2.45, 2.75) is 31.4 Å². The van der Waals surface area contributed by atoms with Gasteiger partial charge >= 0.3 is 5.97 Å². The normalized spacial score (nSPS) is 17.4. The molecule has 2 aromatic rings. The van der Waals surface area contributed by atoms with E-state index in [9.17, 15) is 9.90 Å². The number of carbonyl (C=O) groups is 1. The summed E-state index contributed by atoms with van der Waals surface area (Å²) in [6.45, 7) is 0.0839. The Balaban J connectivity index is 1.62.